The van der Waals surface area contributed by atoms with Crippen molar-refractivity contribution in [3.8, 4) is 0 Å². The topological polar surface area (TPSA) is 86.4 Å². The summed E-state index contributed by atoms with van der Waals surface area (Å²) in [6.45, 7) is 6.12. The minimum atomic E-state index is -3.02. The number of benzene rings is 1. The number of hydrogen-bond donors (Lipinski definition) is 1. The average Bonchev–Trinajstić information content (AvgIpc) is 3.56. The van der Waals surface area contributed by atoms with E-state index >= 15 is 0 Å². The molecule has 0 bridgehead atoms. The fraction of sp³-hybridized carbons (Fsp3) is 0.478. The monoisotopic (exact) mass is 460 g/mol. The molecular weight excluding hydrogens is 431 g/mol. The highest BCUT2D eigenvalue weighted by Gasteiger charge is 2.41. The lowest BCUT2D eigenvalue weighted by atomic mass is 10.1. The lowest BCUT2D eigenvalue weighted by Crippen LogP contribution is -2.43. The van der Waals surface area contributed by atoms with Crippen LogP contribution in [0, 0.1) is 5.82 Å². The van der Waals surface area contributed by atoms with Crippen molar-refractivity contribution >= 4 is 15.7 Å². The van der Waals surface area contributed by atoms with Gasteiger partial charge in [-0.05, 0) is 43.5 Å². The van der Waals surface area contributed by atoms with Crippen LogP contribution in [0.2, 0.25) is 0 Å². The molecule has 0 unspecified atom stereocenters. The number of nitrogens with zero attached hydrogens (tertiary/aromatic N) is 3. The number of H-pyrrole nitrogens is 1. The van der Waals surface area contributed by atoms with E-state index in [1.807, 2.05) is 18.2 Å². The van der Waals surface area contributed by atoms with Crippen molar-refractivity contribution in [2.45, 2.75) is 31.2 Å². The van der Waals surface area contributed by atoms with E-state index in [0.717, 1.165) is 31.6 Å². The summed E-state index contributed by atoms with van der Waals surface area (Å²) in [5, 5.41) is 0. The van der Waals surface area contributed by atoms with Crippen LogP contribution in [-0.4, -0.2) is 67.0 Å². The molecule has 2 aromatic rings. The lowest BCUT2D eigenvalue weighted by Gasteiger charge is -2.27. The summed E-state index contributed by atoms with van der Waals surface area (Å²) in [6.07, 6.45) is 6.17. The summed E-state index contributed by atoms with van der Waals surface area (Å²) in [7, 11) is -3.02. The highest BCUT2D eigenvalue weighted by Crippen LogP contribution is 2.44. The fourth-order valence-electron chi connectivity index (χ4n) is 4.37. The summed E-state index contributed by atoms with van der Waals surface area (Å²) >= 11 is 0. The smallest absolute Gasteiger partial charge is 0.290 e. The molecule has 9 heteroatoms. The van der Waals surface area contributed by atoms with Crippen molar-refractivity contribution in [1.82, 2.24) is 14.9 Å². The van der Waals surface area contributed by atoms with E-state index in [0.29, 0.717) is 37.3 Å². The molecule has 1 aliphatic carbocycles. The summed E-state index contributed by atoms with van der Waals surface area (Å²) in [6, 6.07) is 7.18. The first-order valence-corrected chi connectivity index (χ1v) is 12.8. The predicted molar refractivity (Wildman–Crippen MR) is 123 cm³/mol. The minimum Gasteiger partial charge on any atom is -0.350 e. The Hall–Kier alpha value is -2.52. The predicted octanol–water partition coefficient (Wildman–Crippen LogP) is 2.12. The van der Waals surface area contributed by atoms with Crippen LogP contribution in [-0.2, 0) is 16.3 Å². The Labute approximate surface area is 187 Å². The van der Waals surface area contributed by atoms with Crippen LogP contribution in [0.3, 0.4) is 0 Å². The van der Waals surface area contributed by atoms with Gasteiger partial charge in [0, 0.05) is 37.8 Å². The Kier molecular flexibility index (Phi) is 6.76. The molecule has 0 radical (unpaired) electrons. The van der Waals surface area contributed by atoms with Gasteiger partial charge in [0.05, 0.1) is 17.2 Å². The first kappa shape index (κ1) is 22.7. The second-order valence-electron chi connectivity index (χ2n) is 8.53. The number of hydrogen-bond acceptors (Lipinski definition) is 6. The van der Waals surface area contributed by atoms with E-state index in [9.17, 15) is 17.6 Å². The third kappa shape index (κ3) is 5.45. The van der Waals surface area contributed by atoms with Crippen molar-refractivity contribution < 1.29 is 12.8 Å². The molecule has 1 N–H and O–H groups in total. The van der Waals surface area contributed by atoms with E-state index in [-0.39, 0.29) is 22.9 Å². The molecular formula is C23H29FN4O3S. The SMILES string of the molecule is C=CCN(CCCc1c[nH]c(=O)c(N2CCS(=O)(=O)CC2)n1)[C@@H]1C[C@H]1c1ccc(F)cc1. The molecule has 7 nitrogen and oxygen atoms in total. The van der Waals surface area contributed by atoms with Gasteiger partial charge in [-0.1, -0.05) is 18.2 Å². The summed E-state index contributed by atoms with van der Waals surface area (Å²) < 4.78 is 36.5. The van der Waals surface area contributed by atoms with Crippen LogP contribution >= 0.6 is 0 Å². The molecule has 2 heterocycles. The number of halogens is 1. The lowest BCUT2D eigenvalue weighted by molar-refractivity contribution is 0.283. The summed E-state index contributed by atoms with van der Waals surface area (Å²) in [4.78, 5) is 23.7. The first-order valence-electron chi connectivity index (χ1n) is 11.0. The van der Waals surface area contributed by atoms with Crippen LogP contribution in [0.15, 0.2) is 47.9 Å². The molecule has 1 saturated heterocycles. The molecule has 0 spiro atoms. The van der Waals surface area contributed by atoms with E-state index in [1.54, 1.807) is 11.1 Å². The molecule has 1 aromatic carbocycles. The maximum atomic E-state index is 13.2. The second kappa shape index (κ2) is 9.54. The number of anilines is 1. The van der Waals surface area contributed by atoms with Crippen LogP contribution in [0.25, 0.3) is 0 Å². The quantitative estimate of drug-likeness (QED) is 0.577. The van der Waals surface area contributed by atoms with Gasteiger partial charge in [-0.2, -0.15) is 0 Å². The van der Waals surface area contributed by atoms with E-state index < -0.39 is 9.84 Å². The number of sulfone groups is 1. The standard InChI is InChI=1S/C23H29FN4O3S/c1-2-9-27(21-15-20(21)17-5-7-18(24)8-6-17)10-3-4-19-16-25-23(29)22(26-19)28-11-13-32(30,31)14-12-28/h2,5-8,16,20-21H,1,3-4,9-15H2,(H,25,29)/t20-,21+/m0/s1. The Bertz CT molecular complexity index is 1100. The number of aromatic nitrogens is 2. The Morgan fingerprint density at radius 3 is 2.66 bits per heavy atom. The molecule has 2 atom stereocenters. The maximum Gasteiger partial charge on any atom is 0.290 e. The summed E-state index contributed by atoms with van der Waals surface area (Å²) in [5.41, 5.74) is 1.67. The Morgan fingerprint density at radius 1 is 1.25 bits per heavy atom. The molecule has 1 aromatic heterocycles. The normalized spacial score (nSPS) is 22.1. The largest absolute Gasteiger partial charge is 0.350 e. The highest BCUT2D eigenvalue weighted by atomic mass is 32.2. The Morgan fingerprint density at radius 2 is 1.97 bits per heavy atom. The van der Waals surface area contributed by atoms with E-state index in [2.05, 4.69) is 21.4 Å². The van der Waals surface area contributed by atoms with E-state index in [1.165, 1.54) is 17.7 Å². The van der Waals surface area contributed by atoms with Crippen molar-refractivity contribution in [2.75, 3.05) is 42.6 Å². The van der Waals surface area contributed by atoms with Gasteiger partial charge in [-0.3, -0.25) is 9.69 Å². The minimum absolute atomic E-state index is 0.0471. The highest BCUT2D eigenvalue weighted by molar-refractivity contribution is 7.91. The van der Waals surface area contributed by atoms with Crippen molar-refractivity contribution in [2.24, 2.45) is 0 Å². The van der Waals surface area contributed by atoms with Gasteiger partial charge in [0.15, 0.2) is 15.7 Å². The van der Waals surface area contributed by atoms with Gasteiger partial charge < -0.3 is 9.88 Å². The second-order valence-corrected chi connectivity index (χ2v) is 10.8. The van der Waals surface area contributed by atoms with Crippen molar-refractivity contribution in [3.63, 3.8) is 0 Å². The van der Waals surface area contributed by atoms with Gasteiger partial charge in [0.1, 0.15) is 5.82 Å². The zero-order valence-corrected chi connectivity index (χ0v) is 18.9. The molecule has 172 valence electrons. The third-order valence-corrected chi connectivity index (χ3v) is 7.84. The molecule has 1 saturated carbocycles. The van der Waals surface area contributed by atoms with Crippen molar-refractivity contribution in [1.29, 1.82) is 0 Å². The molecule has 2 aliphatic rings. The molecule has 4 rings (SSSR count). The van der Waals surface area contributed by atoms with Crippen LogP contribution in [0.5, 0.6) is 0 Å². The molecule has 32 heavy (non-hydrogen) atoms. The molecule has 0 amide bonds. The number of aryl methyl sites for hydroxylation is 1. The van der Waals surface area contributed by atoms with Gasteiger partial charge in [-0.25, -0.2) is 17.8 Å². The first-order chi connectivity index (χ1) is 15.4. The van der Waals surface area contributed by atoms with Crippen LogP contribution < -0.4 is 10.5 Å². The van der Waals surface area contributed by atoms with Crippen LogP contribution in [0.1, 0.15) is 30.0 Å². The van der Waals surface area contributed by atoms with Gasteiger partial charge in [-0.15, -0.1) is 6.58 Å². The zero-order valence-electron chi connectivity index (χ0n) is 18.0. The van der Waals surface area contributed by atoms with Gasteiger partial charge >= 0.3 is 0 Å². The average molecular weight is 461 g/mol. The van der Waals surface area contributed by atoms with Crippen molar-refractivity contribution in [3.05, 3.63) is 70.5 Å². The third-order valence-electron chi connectivity index (χ3n) is 6.23. The number of rotatable bonds is 9. The van der Waals surface area contributed by atoms with Gasteiger partial charge in [0.2, 0.25) is 0 Å². The maximum absolute atomic E-state index is 13.2. The number of aromatic amines is 1. The molecule has 2 fully saturated rings. The van der Waals surface area contributed by atoms with Gasteiger partial charge in [0.25, 0.3) is 5.56 Å². The molecule has 1 aliphatic heterocycles. The zero-order chi connectivity index (χ0) is 22.7. The van der Waals surface area contributed by atoms with Crippen LogP contribution in [0.4, 0.5) is 10.2 Å². The van der Waals surface area contributed by atoms with E-state index in [4.69, 9.17) is 0 Å². The fourth-order valence-corrected chi connectivity index (χ4v) is 5.58. The number of nitrogens with one attached hydrogen (secondary N) is 1. The Balaban J connectivity index is 1.34. The summed E-state index contributed by atoms with van der Waals surface area (Å²) in [5.74, 6) is 0.604.